The van der Waals surface area contributed by atoms with Crippen LogP contribution in [0.4, 0.5) is 36.6 Å². The van der Waals surface area contributed by atoms with Crippen LogP contribution in [0, 0.1) is 23.4 Å². The van der Waals surface area contributed by atoms with Crippen LogP contribution in [0.2, 0.25) is 10.0 Å². The summed E-state index contributed by atoms with van der Waals surface area (Å²) in [4.78, 5) is 49.8. The van der Waals surface area contributed by atoms with Gasteiger partial charge in [-0.15, -0.1) is 0 Å². The molecule has 0 spiro atoms. The van der Waals surface area contributed by atoms with Crippen LogP contribution in [0.15, 0.2) is 65.6 Å². The molecule has 13 nitrogen and oxygen atoms in total. The normalized spacial score (nSPS) is 17.1. The number of anilines is 1. The van der Waals surface area contributed by atoms with Gasteiger partial charge in [-0.25, -0.2) is 26.9 Å². The van der Waals surface area contributed by atoms with Gasteiger partial charge < -0.3 is 10.0 Å². The Bertz CT molecular complexity index is 3230. The number of nitrogens with one attached hydrogen (secondary N) is 2. The van der Waals surface area contributed by atoms with E-state index in [1.807, 2.05) is 0 Å². The molecule has 7 aromatic rings. The summed E-state index contributed by atoms with van der Waals surface area (Å²) in [6.07, 6.45) is -1.71. The van der Waals surface area contributed by atoms with E-state index in [1.165, 1.54) is 42.1 Å². The topological polar surface area (TPSA) is 159 Å². The van der Waals surface area contributed by atoms with Crippen LogP contribution in [-0.4, -0.2) is 56.1 Å². The highest BCUT2D eigenvalue weighted by molar-refractivity contribution is 8.15. The van der Waals surface area contributed by atoms with E-state index in [2.05, 4.69) is 25.2 Å². The van der Waals surface area contributed by atoms with Crippen LogP contribution in [0.1, 0.15) is 53.1 Å². The molecule has 0 saturated heterocycles. The number of benzene rings is 3. The van der Waals surface area contributed by atoms with E-state index in [-0.39, 0.29) is 83.6 Å². The number of fused-ring (bicyclic) bond motifs is 5. The first-order chi connectivity index (χ1) is 30.3. The van der Waals surface area contributed by atoms with E-state index in [0.29, 0.717) is 10.7 Å². The van der Waals surface area contributed by atoms with Gasteiger partial charge in [0.2, 0.25) is 5.91 Å². The molecule has 332 valence electrons. The Balaban J connectivity index is 1.26. The highest BCUT2D eigenvalue weighted by Crippen LogP contribution is 2.68. The zero-order valence-electron chi connectivity index (χ0n) is 32.9. The van der Waals surface area contributed by atoms with Crippen molar-refractivity contribution in [2.75, 3.05) is 11.0 Å². The minimum absolute atomic E-state index is 0.0174. The SMILES string of the molecule is Cn1nc(N[SH](C)(=O)C=O)c2c(Cl)ccc(-n3c([C@H](Cc4cc(F)cc(F)c4)NC(=O)Cn4nc(C(F)F)c5c4C(F)(F)[C@@H]4C[C@H]54)nc4cc(-c5ncc(F)cc5Cl)ccc4c3=O)c21. The number of rotatable bonds is 12. The average Bonchev–Trinajstić information content (AvgIpc) is 3.76. The molecule has 0 unspecified atom stereocenters. The predicted molar refractivity (Wildman–Crippen MR) is 224 cm³/mol. The molecule has 1 amide bonds. The highest BCUT2D eigenvalue weighted by Gasteiger charge is 2.67. The van der Waals surface area contributed by atoms with Gasteiger partial charge in [0.1, 0.15) is 41.2 Å². The van der Waals surface area contributed by atoms with Crippen molar-refractivity contribution in [1.82, 2.24) is 39.4 Å². The summed E-state index contributed by atoms with van der Waals surface area (Å²) in [7, 11) is -2.24. The van der Waals surface area contributed by atoms with E-state index in [4.69, 9.17) is 28.2 Å². The second-order valence-corrected chi connectivity index (χ2v) is 18.8. The molecule has 2 aliphatic rings. The van der Waals surface area contributed by atoms with Gasteiger partial charge in [0, 0.05) is 53.0 Å². The zero-order valence-corrected chi connectivity index (χ0v) is 35.3. The predicted octanol–water partition coefficient (Wildman–Crippen LogP) is 7.67. The summed E-state index contributed by atoms with van der Waals surface area (Å²) >= 11 is 13.0. The number of thiol groups is 1. The van der Waals surface area contributed by atoms with Crippen molar-refractivity contribution in [1.29, 1.82) is 0 Å². The van der Waals surface area contributed by atoms with Crippen molar-refractivity contribution in [3.8, 4) is 16.9 Å². The molecule has 2 N–H and O–H groups in total. The van der Waals surface area contributed by atoms with E-state index in [9.17, 15) is 35.8 Å². The first-order valence-corrected chi connectivity index (χ1v) is 22.1. The fourth-order valence-corrected chi connectivity index (χ4v) is 9.56. The average molecular weight is 949 g/mol. The third-order valence-corrected chi connectivity index (χ3v) is 12.8. The van der Waals surface area contributed by atoms with Crippen molar-refractivity contribution in [2.45, 2.75) is 43.7 Å². The smallest absolute Gasteiger partial charge is 0.293 e. The number of amides is 1. The van der Waals surface area contributed by atoms with Crippen LogP contribution in [-0.2, 0) is 45.6 Å². The highest BCUT2D eigenvalue weighted by atomic mass is 35.5. The molecule has 4 heterocycles. The van der Waals surface area contributed by atoms with Crippen molar-refractivity contribution >= 4 is 72.5 Å². The lowest BCUT2D eigenvalue weighted by atomic mass is 10.0. The first kappa shape index (κ1) is 43.1. The van der Waals surface area contributed by atoms with Crippen molar-refractivity contribution in [3.63, 3.8) is 0 Å². The Labute approximate surface area is 366 Å². The molecule has 0 radical (unpaired) electrons. The molecule has 23 heteroatoms. The molecule has 0 aliphatic heterocycles. The Morgan fingerprint density at radius 2 is 1.75 bits per heavy atom. The lowest BCUT2D eigenvalue weighted by Crippen LogP contribution is -2.38. The number of pyridine rings is 1. The van der Waals surface area contributed by atoms with Crippen LogP contribution in [0.5, 0.6) is 0 Å². The third kappa shape index (κ3) is 7.37. The second-order valence-electron chi connectivity index (χ2n) is 15.6. The Morgan fingerprint density at radius 1 is 1.02 bits per heavy atom. The lowest BCUT2D eigenvalue weighted by molar-refractivity contribution is -0.123. The van der Waals surface area contributed by atoms with Crippen molar-refractivity contribution < 1.29 is 44.5 Å². The second kappa shape index (κ2) is 15.5. The number of hydrogen-bond acceptors (Lipinski definition) is 8. The summed E-state index contributed by atoms with van der Waals surface area (Å²) < 4.78 is 121. The monoisotopic (exact) mass is 947 g/mol. The molecular formula is C41H30Cl2F7N9O4S. The maximum atomic E-state index is 15.5. The van der Waals surface area contributed by atoms with Crippen LogP contribution in [0.3, 0.4) is 0 Å². The van der Waals surface area contributed by atoms with E-state index < -0.39 is 93.6 Å². The summed E-state index contributed by atoms with van der Waals surface area (Å²) in [5.41, 5.74) is -2.30. The maximum Gasteiger partial charge on any atom is 0.293 e. The number of alkyl halides is 4. The van der Waals surface area contributed by atoms with Gasteiger partial charge in [-0.3, -0.25) is 37.5 Å². The standard InChI is InChI=1S/C41H30Cl2F7N9O4S/c1-57-35-29(6-5-25(42)32(35)38(55-57)56-64(2,63)16-60)59-39(53-27-10-18(3-4-22(27)40(59)62)33-26(43)12-21(46)14-51-33)28(9-17-7-19(44)11-20(45)8-17)52-30(61)15-58-36-31(34(54-58)37(47)48)23-13-24(23)41(36,49)50/h3-8,10-12,14,16,23-24,28,37,64H,9,13,15H2,1-2H3,(H,52,61)(H,55,56,63)/t23-,24+,28-/m0/s1. The van der Waals surface area contributed by atoms with Crippen molar-refractivity contribution in [2.24, 2.45) is 13.0 Å². The van der Waals surface area contributed by atoms with Crippen LogP contribution in [0.25, 0.3) is 38.8 Å². The number of halogens is 9. The van der Waals surface area contributed by atoms with E-state index in [0.717, 1.165) is 35.2 Å². The minimum Gasteiger partial charge on any atom is -0.344 e. The number of nitrogens with zero attached hydrogens (tertiary/aromatic N) is 7. The van der Waals surface area contributed by atoms with Crippen LogP contribution < -0.4 is 15.6 Å². The van der Waals surface area contributed by atoms with Crippen molar-refractivity contribution in [3.05, 3.63) is 127 Å². The fraction of sp³-hybridized carbons (Fsp3) is 0.244. The number of aryl methyl sites for hydroxylation is 1. The van der Waals surface area contributed by atoms with Gasteiger partial charge in [0.15, 0.2) is 11.4 Å². The van der Waals surface area contributed by atoms with E-state index >= 15 is 13.6 Å². The number of aromatic nitrogens is 7. The van der Waals surface area contributed by atoms with Gasteiger partial charge in [0.25, 0.3) is 17.9 Å². The first-order valence-electron chi connectivity index (χ1n) is 19.1. The minimum atomic E-state index is -3.69. The van der Waals surface area contributed by atoms with Gasteiger partial charge in [0.05, 0.1) is 55.5 Å². The molecule has 2 aliphatic carbocycles. The summed E-state index contributed by atoms with van der Waals surface area (Å²) in [5.74, 6) is -9.95. The lowest BCUT2D eigenvalue weighted by Gasteiger charge is -2.24. The quantitative estimate of drug-likeness (QED) is 0.0640. The fourth-order valence-electron chi connectivity index (χ4n) is 8.42. The Hall–Kier alpha value is -6.19. The summed E-state index contributed by atoms with van der Waals surface area (Å²) in [6.45, 7) is -1.02. The van der Waals surface area contributed by atoms with Crippen LogP contribution >= 0.6 is 23.2 Å². The molecule has 1 saturated carbocycles. The Kier molecular flexibility index (Phi) is 10.4. The number of carbonyl (C=O) groups excluding carboxylic acids is 2. The molecular weight excluding hydrogens is 918 g/mol. The van der Waals surface area contributed by atoms with E-state index in [1.54, 1.807) is 0 Å². The van der Waals surface area contributed by atoms with Gasteiger partial charge in [-0.1, -0.05) is 29.3 Å². The summed E-state index contributed by atoms with van der Waals surface area (Å²) in [5, 5.41) is 10.7. The molecule has 3 aromatic carbocycles. The summed E-state index contributed by atoms with van der Waals surface area (Å²) in [6, 6.07) is 8.91. The largest absolute Gasteiger partial charge is 0.344 e. The van der Waals surface area contributed by atoms with Gasteiger partial charge in [-0.2, -0.15) is 19.0 Å². The molecule has 0 bridgehead atoms. The van der Waals surface area contributed by atoms with Gasteiger partial charge >= 0.3 is 0 Å². The van der Waals surface area contributed by atoms with Gasteiger partial charge in [-0.05, 0) is 60.4 Å². The zero-order chi connectivity index (χ0) is 45.7. The molecule has 9 rings (SSSR count). The maximum absolute atomic E-state index is 15.5. The Morgan fingerprint density at radius 3 is 2.44 bits per heavy atom. The number of hydrogen-bond donors (Lipinski definition) is 3. The third-order valence-electron chi connectivity index (χ3n) is 11.1. The number of carbonyl (C=O) groups is 2. The molecule has 3 atom stereocenters. The molecule has 64 heavy (non-hydrogen) atoms. The molecule has 4 aromatic heterocycles. The molecule has 1 fully saturated rings.